The largest absolute Gasteiger partial charge is 0.357 e. The number of hydrogen-bond acceptors (Lipinski definition) is 6. The van der Waals surface area contributed by atoms with Gasteiger partial charge < -0.3 is 14.7 Å². The Kier molecular flexibility index (Phi) is 8.18. The zero-order valence-electron chi connectivity index (χ0n) is 15.8. The first-order valence-corrected chi connectivity index (χ1v) is 8.85. The highest BCUT2D eigenvalue weighted by molar-refractivity contribution is 14.0. The summed E-state index contributed by atoms with van der Waals surface area (Å²) in [5.41, 5.74) is 0.799. The first kappa shape index (κ1) is 22.1. The molecule has 2 heterocycles. The van der Waals surface area contributed by atoms with Crippen molar-refractivity contribution in [1.82, 2.24) is 35.1 Å². The van der Waals surface area contributed by atoms with E-state index < -0.39 is 0 Å². The lowest BCUT2D eigenvalue weighted by Gasteiger charge is -2.21. The fraction of sp³-hybridized carbons (Fsp3) is 0.353. The maximum Gasteiger partial charge on any atom is 0.248 e. The molecular weight excluding hydrogens is 495 g/mol. The molecule has 2 aromatic heterocycles. The van der Waals surface area contributed by atoms with E-state index in [2.05, 4.69) is 30.5 Å². The van der Waals surface area contributed by atoms with E-state index in [1.807, 2.05) is 38.1 Å². The molecule has 3 aromatic rings. The van der Waals surface area contributed by atoms with Gasteiger partial charge in [0.15, 0.2) is 5.96 Å². The summed E-state index contributed by atoms with van der Waals surface area (Å²) >= 11 is 6.01. The van der Waals surface area contributed by atoms with Crippen LogP contribution in [0.1, 0.15) is 18.6 Å². The smallest absolute Gasteiger partial charge is 0.248 e. The monoisotopic (exact) mass is 516 g/mol. The topological polar surface area (TPSA) is 97.3 Å². The Morgan fingerprint density at radius 1 is 1.39 bits per heavy atom. The predicted octanol–water partition coefficient (Wildman–Crippen LogP) is 2.73. The van der Waals surface area contributed by atoms with Crippen LogP contribution in [0.25, 0.3) is 11.4 Å². The second kappa shape index (κ2) is 10.4. The van der Waals surface area contributed by atoms with Gasteiger partial charge in [0, 0.05) is 31.2 Å². The predicted molar refractivity (Wildman–Crippen MR) is 117 cm³/mol. The van der Waals surface area contributed by atoms with E-state index in [-0.39, 0.29) is 30.5 Å². The molecule has 0 spiro atoms. The molecule has 0 atom stereocenters. The minimum absolute atomic E-state index is 0. The molecule has 150 valence electrons. The number of nitrogens with zero attached hydrogens (tertiary/aromatic N) is 7. The second-order valence-corrected chi connectivity index (χ2v) is 6.28. The lowest BCUT2D eigenvalue weighted by Crippen LogP contribution is -2.39. The molecule has 0 unspecified atom stereocenters. The summed E-state index contributed by atoms with van der Waals surface area (Å²) in [4.78, 5) is 15.2. The maximum atomic E-state index is 6.01. The summed E-state index contributed by atoms with van der Waals surface area (Å²) in [6.45, 7) is 3.58. The molecule has 11 heteroatoms. The molecule has 28 heavy (non-hydrogen) atoms. The van der Waals surface area contributed by atoms with Crippen LogP contribution in [-0.2, 0) is 20.1 Å². The number of guanidine groups is 1. The quantitative estimate of drug-likeness (QED) is 0.306. The minimum atomic E-state index is 0. The lowest BCUT2D eigenvalue weighted by molar-refractivity contribution is 0.378. The zero-order valence-corrected chi connectivity index (χ0v) is 18.9. The number of benzene rings is 1. The van der Waals surface area contributed by atoms with Gasteiger partial charge in [-0.25, -0.2) is 9.98 Å². The molecule has 9 nitrogen and oxygen atoms in total. The van der Waals surface area contributed by atoms with E-state index in [1.54, 1.807) is 16.8 Å². The average Bonchev–Trinajstić information content (AvgIpc) is 3.28. The normalized spacial score (nSPS) is 11.2. The van der Waals surface area contributed by atoms with Gasteiger partial charge in [0.05, 0.1) is 6.54 Å². The van der Waals surface area contributed by atoms with Crippen molar-refractivity contribution in [3.8, 4) is 11.4 Å². The third kappa shape index (κ3) is 5.64. The SMILES string of the molecule is CCNC(=NCc1nc(-c2cccc(Cl)c2)no1)N(C)Cc1ncnn1C.I. The molecule has 0 aliphatic carbocycles. The second-order valence-electron chi connectivity index (χ2n) is 5.85. The Labute approximate surface area is 185 Å². The zero-order chi connectivity index (χ0) is 19.2. The molecule has 0 aliphatic heterocycles. The Bertz CT molecular complexity index is 925. The van der Waals surface area contributed by atoms with Crippen LogP contribution < -0.4 is 5.32 Å². The van der Waals surface area contributed by atoms with Crippen LogP contribution in [0.4, 0.5) is 0 Å². The Morgan fingerprint density at radius 2 is 2.21 bits per heavy atom. The fourth-order valence-corrected chi connectivity index (χ4v) is 2.62. The molecule has 3 rings (SSSR count). The maximum absolute atomic E-state index is 6.01. The van der Waals surface area contributed by atoms with Gasteiger partial charge in [-0.1, -0.05) is 28.9 Å². The van der Waals surface area contributed by atoms with E-state index in [9.17, 15) is 0 Å². The summed E-state index contributed by atoms with van der Waals surface area (Å²) < 4.78 is 7.04. The molecule has 0 saturated carbocycles. The first-order valence-electron chi connectivity index (χ1n) is 8.47. The van der Waals surface area contributed by atoms with Gasteiger partial charge in [0.25, 0.3) is 0 Å². The highest BCUT2D eigenvalue weighted by Gasteiger charge is 2.12. The van der Waals surface area contributed by atoms with Crippen LogP contribution in [0.2, 0.25) is 5.02 Å². The van der Waals surface area contributed by atoms with Crippen molar-refractivity contribution < 1.29 is 4.52 Å². The van der Waals surface area contributed by atoms with Crippen molar-refractivity contribution in [3.63, 3.8) is 0 Å². The van der Waals surface area contributed by atoms with Gasteiger partial charge >= 0.3 is 0 Å². The molecule has 0 radical (unpaired) electrons. The van der Waals surface area contributed by atoms with Gasteiger partial charge in [-0.15, -0.1) is 24.0 Å². The number of halogens is 2. The van der Waals surface area contributed by atoms with Crippen LogP contribution in [0, 0.1) is 0 Å². The number of aromatic nitrogens is 5. The van der Waals surface area contributed by atoms with E-state index in [0.29, 0.717) is 29.2 Å². The van der Waals surface area contributed by atoms with Crippen molar-refractivity contribution in [3.05, 3.63) is 47.3 Å². The molecule has 0 aliphatic rings. The number of nitrogens with one attached hydrogen (secondary N) is 1. The van der Waals surface area contributed by atoms with E-state index in [4.69, 9.17) is 16.1 Å². The molecule has 0 amide bonds. The summed E-state index contributed by atoms with van der Waals surface area (Å²) in [5, 5.41) is 11.9. The molecular formula is C17H22ClIN8O. The number of aliphatic imine (C=N–C) groups is 1. The highest BCUT2D eigenvalue weighted by Crippen LogP contribution is 2.20. The number of hydrogen-bond donors (Lipinski definition) is 1. The van der Waals surface area contributed by atoms with Crippen LogP contribution >= 0.6 is 35.6 Å². The van der Waals surface area contributed by atoms with Crippen molar-refractivity contribution in [2.75, 3.05) is 13.6 Å². The van der Waals surface area contributed by atoms with Crippen molar-refractivity contribution in [2.45, 2.75) is 20.0 Å². The third-order valence-electron chi connectivity index (χ3n) is 3.80. The molecule has 1 N–H and O–H groups in total. The van der Waals surface area contributed by atoms with Gasteiger partial charge in [0.2, 0.25) is 11.7 Å². The Hall–Kier alpha value is -2.21. The number of aryl methyl sites for hydroxylation is 1. The van der Waals surface area contributed by atoms with Crippen molar-refractivity contribution >= 4 is 41.5 Å². The van der Waals surface area contributed by atoms with E-state index in [0.717, 1.165) is 17.9 Å². The minimum Gasteiger partial charge on any atom is -0.357 e. The van der Waals surface area contributed by atoms with Crippen molar-refractivity contribution in [2.24, 2.45) is 12.0 Å². The van der Waals surface area contributed by atoms with E-state index in [1.165, 1.54) is 6.33 Å². The number of rotatable bonds is 6. The molecule has 0 saturated heterocycles. The van der Waals surface area contributed by atoms with Gasteiger partial charge in [-0.2, -0.15) is 10.1 Å². The fourth-order valence-electron chi connectivity index (χ4n) is 2.43. The van der Waals surface area contributed by atoms with Gasteiger partial charge in [-0.3, -0.25) is 4.68 Å². The summed E-state index contributed by atoms with van der Waals surface area (Å²) in [5.74, 6) is 2.46. The molecule has 0 bridgehead atoms. The Balaban J connectivity index is 0.00000280. The Morgan fingerprint density at radius 3 is 2.89 bits per heavy atom. The first-order chi connectivity index (χ1) is 13.1. The van der Waals surface area contributed by atoms with Crippen LogP contribution in [0.15, 0.2) is 40.1 Å². The lowest BCUT2D eigenvalue weighted by atomic mass is 10.2. The van der Waals surface area contributed by atoms with Crippen LogP contribution in [0.3, 0.4) is 0 Å². The summed E-state index contributed by atoms with van der Waals surface area (Å²) in [6, 6.07) is 7.31. The van der Waals surface area contributed by atoms with Gasteiger partial charge in [0.1, 0.15) is 18.7 Å². The van der Waals surface area contributed by atoms with Crippen LogP contribution in [0.5, 0.6) is 0 Å². The van der Waals surface area contributed by atoms with Gasteiger partial charge in [-0.05, 0) is 19.1 Å². The average molecular weight is 517 g/mol. The molecule has 1 aromatic carbocycles. The van der Waals surface area contributed by atoms with Crippen LogP contribution in [-0.4, -0.2) is 49.4 Å². The molecule has 0 fully saturated rings. The standard InChI is InChI=1S/C17H21ClN8O.HI/c1-4-19-17(25(2)10-14-21-11-22-26(14)3)20-9-15-23-16(24-27-15)12-6-5-7-13(18)8-12;/h5-8,11H,4,9-10H2,1-3H3,(H,19,20);1H. The summed E-state index contributed by atoms with van der Waals surface area (Å²) in [7, 11) is 3.79. The van der Waals surface area contributed by atoms with Crippen molar-refractivity contribution in [1.29, 1.82) is 0 Å². The summed E-state index contributed by atoms with van der Waals surface area (Å²) in [6.07, 6.45) is 1.53. The third-order valence-corrected chi connectivity index (χ3v) is 4.03. The highest BCUT2D eigenvalue weighted by atomic mass is 127. The van der Waals surface area contributed by atoms with E-state index >= 15 is 0 Å².